The van der Waals surface area contributed by atoms with E-state index in [-0.39, 0.29) is 85.3 Å². The number of ether oxygens (including phenoxy) is 9. The molecule has 0 saturated carbocycles. The van der Waals surface area contributed by atoms with Crippen molar-refractivity contribution in [3.05, 3.63) is 281 Å². The normalized spacial score (nSPS) is 11.3. The van der Waals surface area contributed by atoms with Crippen molar-refractivity contribution < 1.29 is 70.2 Å². The topological polar surface area (TPSA) is 146 Å². The van der Waals surface area contributed by atoms with Crippen molar-refractivity contribution in [3.63, 3.8) is 0 Å². The molecule has 1 atom stereocenters. The van der Waals surface area contributed by atoms with E-state index in [4.69, 9.17) is 42.6 Å². The zero-order valence-corrected chi connectivity index (χ0v) is 44.7. The Bertz CT molecular complexity index is 3390. The smallest absolute Gasteiger partial charge is 0.416 e. The summed E-state index contributed by atoms with van der Waals surface area (Å²) in [4.78, 5) is 42.4. The molecular weight excluding hydrogens is 1070 g/mol. The molecule has 0 aromatic heterocycles. The number of esters is 2. The Labute approximate surface area is 477 Å². The Morgan fingerprint density at radius 2 is 0.735 bits per heavy atom. The van der Waals surface area contributed by atoms with Gasteiger partial charge in [0.1, 0.15) is 52.0 Å². The summed E-state index contributed by atoms with van der Waals surface area (Å²) in [5.41, 5.74) is 3.79. The fourth-order valence-electron chi connectivity index (χ4n) is 8.19. The fourth-order valence-corrected chi connectivity index (χ4v) is 8.19. The largest absolute Gasteiger partial charge is 0.485 e. The molecule has 422 valence electrons. The zero-order chi connectivity index (χ0) is 57.6. The van der Waals surface area contributed by atoms with Gasteiger partial charge in [-0.2, -0.15) is 13.2 Å². The lowest BCUT2D eigenvalue weighted by Crippen LogP contribution is -2.39. The van der Waals surface area contributed by atoms with E-state index in [0.717, 1.165) is 45.5 Å². The van der Waals surface area contributed by atoms with Crippen molar-refractivity contribution in [1.82, 2.24) is 5.32 Å². The maximum atomic E-state index is 14.6. The Kier molecular flexibility index (Phi) is 19.9. The second-order valence-corrected chi connectivity index (χ2v) is 18.7. The summed E-state index contributed by atoms with van der Waals surface area (Å²) in [7, 11) is 0. The van der Waals surface area contributed by atoms with Crippen LogP contribution in [0, 0.1) is 0 Å². The molecule has 1 unspecified atom stereocenters. The minimum Gasteiger partial charge on any atom is -0.485 e. The molecule has 83 heavy (non-hydrogen) atoms. The Balaban J connectivity index is 1.03. The summed E-state index contributed by atoms with van der Waals surface area (Å²) in [5.74, 6) is -1.36. The van der Waals surface area contributed by atoms with E-state index in [9.17, 15) is 27.6 Å². The third-order valence-corrected chi connectivity index (χ3v) is 12.4. The van der Waals surface area contributed by atoms with E-state index in [1.807, 2.05) is 182 Å². The number of carbonyl (C=O) groups is 3. The monoisotopic (exact) mass is 1120 g/mol. The van der Waals surface area contributed by atoms with Gasteiger partial charge in [-0.05, 0) is 75.8 Å². The number of hydrogen-bond acceptors (Lipinski definition) is 12. The molecule has 0 aliphatic heterocycles. The van der Waals surface area contributed by atoms with Gasteiger partial charge in [0, 0.05) is 0 Å². The van der Waals surface area contributed by atoms with Gasteiger partial charge in [0.2, 0.25) is 11.5 Å². The van der Waals surface area contributed by atoms with Crippen LogP contribution in [0.4, 0.5) is 18.0 Å². The maximum Gasteiger partial charge on any atom is 0.416 e. The van der Waals surface area contributed by atoms with Gasteiger partial charge in [-0.15, -0.1) is 0 Å². The maximum absolute atomic E-state index is 14.6. The summed E-state index contributed by atoms with van der Waals surface area (Å²) in [6, 6.07) is 65.8. The molecule has 0 saturated heterocycles. The molecule has 0 spiro atoms. The van der Waals surface area contributed by atoms with Crippen LogP contribution < -0.4 is 38.5 Å². The highest BCUT2D eigenvalue weighted by Gasteiger charge is 2.31. The average Bonchev–Trinajstić information content (AvgIpc) is 3.71. The number of carbonyl (C=O) groups excluding carboxylic acids is 3. The van der Waals surface area contributed by atoms with Crippen molar-refractivity contribution in [1.29, 1.82) is 0 Å². The first-order chi connectivity index (χ1) is 40.5. The number of hydrogen-bond donors (Lipinski definition) is 1. The van der Waals surface area contributed by atoms with Gasteiger partial charge < -0.3 is 47.9 Å². The highest BCUT2D eigenvalue weighted by Crippen LogP contribution is 2.42. The van der Waals surface area contributed by atoms with Crippen LogP contribution >= 0.6 is 0 Å². The fraction of sp³-hybridized carbons (Fsp3) is 0.149. The molecule has 9 aromatic carbocycles. The first-order valence-electron chi connectivity index (χ1n) is 26.4. The lowest BCUT2D eigenvalue weighted by molar-refractivity contribution is -0.137. The average molecular weight is 1120 g/mol. The van der Waals surface area contributed by atoms with E-state index >= 15 is 0 Å². The zero-order valence-electron chi connectivity index (χ0n) is 44.7. The number of rotatable bonds is 26. The standard InChI is InChI=1S/C67H56F3NO12/c68-67(69,70)55-32-19-33-56(38-55)83-66(74)71-39-57(82-65(73)54-36-60(77-42-49-24-11-3-12-25-49)63(80-45-52-30-17-6-18-31-52)61(37-54)78-43-50-26-13-4-14-27-50)46-81-64(72)53-34-58(75-40-47-20-7-1-8-21-47)62(79-44-51-28-15-5-16-29-51)59(35-53)76-41-48-22-9-2-10-23-48/h1-38,57H,39-46H2,(H,71,74). The Morgan fingerprint density at radius 3 is 1.08 bits per heavy atom. The van der Waals surface area contributed by atoms with Gasteiger partial charge in [-0.1, -0.05) is 188 Å². The van der Waals surface area contributed by atoms with E-state index in [1.54, 1.807) is 0 Å². The Morgan fingerprint density at radius 1 is 0.398 bits per heavy atom. The number of alkyl halides is 3. The molecule has 1 N–H and O–H groups in total. The second kappa shape index (κ2) is 28.8. The molecule has 16 heteroatoms. The van der Waals surface area contributed by atoms with Crippen LogP contribution in [0.25, 0.3) is 0 Å². The predicted molar refractivity (Wildman–Crippen MR) is 302 cm³/mol. The van der Waals surface area contributed by atoms with Crippen LogP contribution in [-0.4, -0.2) is 37.3 Å². The van der Waals surface area contributed by atoms with E-state index < -0.39 is 54.8 Å². The summed E-state index contributed by atoms with van der Waals surface area (Å²) < 4.78 is 96.4. The summed E-state index contributed by atoms with van der Waals surface area (Å²) in [6.07, 6.45) is -7.38. The van der Waals surface area contributed by atoms with Crippen LogP contribution in [0.15, 0.2) is 231 Å². The van der Waals surface area contributed by atoms with Crippen molar-refractivity contribution >= 4 is 18.0 Å². The SMILES string of the molecule is O=C(NCC(COC(=O)c1cc(OCc2ccccc2)c(OCc2ccccc2)c(OCc2ccccc2)c1)OC(=O)c1cc(OCc2ccccc2)c(OCc2ccccc2)c(OCc2ccccc2)c1)Oc1cccc(C(F)(F)F)c1. The van der Waals surface area contributed by atoms with Crippen molar-refractivity contribution in [3.8, 4) is 40.2 Å². The Hall–Kier alpha value is -10.2. The summed E-state index contributed by atoms with van der Waals surface area (Å²) in [6.45, 7) is -0.721. The van der Waals surface area contributed by atoms with Crippen LogP contribution in [0.5, 0.6) is 40.2 Å². The molecule has 1 amide bonds. The predicted octanol–water partition coefficient (Wildman–Crippen LogP) is 14.4. The summed E-state index contributed by atoms with van der Waals surface area (Å²) in [5, 5.41) is 2.43. The molecule has 0 bridgehead atoms. The van der Waals surface area contributed by atoms with E-state index in [2.05, 4.69) is 5.32 Å². The minimum atomic E-state index is -4.72. The van der Waals surface area contributed by atoms with Gasteiger partial charge in [-0.3, -0.25) is 0 Å². The van der Waals surface area contributed by atoms with Crippen LogP contribution in [-0.2, 0) is 55.3 Å². The first-order valence-corrected chi connectivity index (χ1v) is 26.4. The van der Waals surface area contributed by atoms with Crippen LogP contribution in [0.1, 0.15) is 59.7 Å². The molecule has 0 radical (unpaired) electrons. The molecule has 0 heterocycles. The van der Waals surface area contributed by atoms with E-state index in [0.29, 0.717) is 6.07 Å². The number of benzene rings is 9. The quantitative estimate of drug-likeness (QED) is 0.0515. The molecule has 13 nitrogen and oxygen atoms in total. The molecule has 9 rings (SSSR count). The summed E-state index contributed by atoms with van der Waals surface area (Å²) >= 11 is 0. The lowest BCUT2D eigenvalue weighted by Gasteiger charge is -2.21. The van der Waals surface area contributed by atoms with Gasteiger partial charge in [-0.25, -0.2) is 14.4 Å². The van der Waals surface area contributed by atoms with Gasteiger partial charge in [0.05, 0.1) is 23.2 Å². The van der Waals surface area contributed by atoms with Gasteiger partial charge in [0.25, 0.3) is 0 Å². The van der Waals surface area contributed by atoms with Crippen LogP contribution in [0.2, 0.25) is 0 Å². The molecular formula is C67H56F3NO12. The lowest BCUT2D eigenvalue weighted by atomic mass is 10.1. The first kappa shape index (κ1) is 57.5. The van der Waals surface area contributed by atoms with Crippen molar-refractivity contribution in [2.45, 2.75) is 51.9 Å². The third-order valence-electron chi connectivity index (χ3n) is 12.4. The molecule has 0 aliphatic carbocycles. The highest BCUT2D eigenvalue weighted by atomic mass is 19.4. The molecule has 0 aliphatic rings. The number of nitrogens with one attached hydrogen (secondary N) is 1. The highest BCUT2D eigenvalue weighted by molar-refractivity contribution is 5.92. The van der Waals surface area contributed by atoms with Crippen molar-refractivity contribution in [2.24, 2.45) is 0 Å². The van der Waals surface area contributed by atoms with Crippen molar-refractivity contribution in [2.75, 3.05) is 13.2 Å². The minimum absolute atomic E-state index is 0.0447. The van der Waals surface area contributed by atoms with Gasteiger partial charge in [0.15, 0.2) is 29.1 Å². The third kappa shape index (κ3) is 17.4. The van der Waals surface area contributed by atoms with Gasteiger partial charge >= 0.3 is 24.2 Å². The van der Waals surface area contributed by atoms with E-state index in [1.165, 1.54) is 30.3 Å². The molecule has 9 aromatic rings. The van der Waals surface area contributed by atoms with Crippen LogP contribution in [0.3, 0.4) is 0 Å². The number of halogens is 3. The molecule has 0 fully saturated rings. The second-order valence-electron chi connectivity index (χ2n) is 18.7. The number of amides is 1.